The molecule has 0 amide bonds. The first-order valence-corrected chi connectivity index (χ1v) is 6.57. The molecule has 0 atom stereocenters. The van der Waals surface area contributed by atoms with E-state index in [0.29, 0.717) is 0 Å². The molecule has 0 aliphatic rings. The van der Waals surface area contributed by atoms with Crippen molar-refractivity contribution >= 4 is 0 Å². The van der Waals surface area contributed by atoms with Crippen LogP contribution in [0.3, 0.4) is 0 Å². The topological polar surface area (TPSA) is 48.5 Å². The SMILES string of the molecule is CC(C)(C)n1cnc(-n2cc(-c3ccccc3)nn2)c1. The zero-order valence-corrected chi connectivity index (χ0v) is 11.9. The second-order valence-electron chi connectivity index (χ2n) is 5.72. The average molecular weight is 267 g/mol. The first-order valence-electron chi connectivity index (χ1n) is 6.57. The van der Waals surface area contributed by atoms with E-state index in [4.69, 9.17) is 0 Å². The molecule has 0 fully saturated rings. The summed E-state index contributed by atoms with van der Waals surface area (Å²) in [7, 11) is 0. The third kappa shape index (κ3) is 2.34. The normalized spacial score (nSPS) is 11.8. The van der Waals surface area contributed by atoms with Gasteiger partial charge in [-0.1, -0.05) is 35.5 Å². The number of hydrogen-bond donors (Lipinski definition) is 0. The van der Waals surface area contributed by atoms with Gasteiger partial charge in [-0.15, -0.1) is 5.10 Å². The summed E-state index contributed by atoms with van der Waals surface area (Å²) >= 11 is 0. The summed E-state index contributed by atoms with van der Waals surface area (Å²) in [6, 6.07) is 9.99. The lowest BCUT2D eigenvalue weighted by atomic mass is 10.1. The van der Waals surface area contributed by atoms with Crippen molar-refractivity contribution in [2.45, 2.75) is 26.3 Å². The van der Waals surface area contributed by atoms with Crippen LogP contribution >= 0.6 is 0 Å². The molecule has 0 unspecified atom stereocenters. The molecule has 5 nitrogen and oxygen atoms in total. The van der Waals surface area contributed by atoms with Crippen LogP contribution in [-0.2, 0) is 5.54 Å². The monoisotopic (exact) mass is 267 g/mol. The second-order valence-corrected chi connectivity index (χ2v) is 5.72. The molecule has 3 rings (SSSR count). The fourth-order valence-electron chi connectivity index (χ4n) is 1.91. The summed E-state index contributed by atoms with van der Waals surface area (Å²) in [6.07, 6.45) is 5.69. The summed E-state index contributed by atoms with van der Waals surface area (Å²) in [5.74, 6) is 0.773. The van der Waals surface area contributed by atoms with Crippen LogP contribution < -0.4 is 0 Å². The molecular weight excluding hydrogens is 250 g/mol. The van der Waals surface area contributed by atoms with Gasteiger partial charge in [0.05, 0.1) is 18.7 Å². The number of hydrogen-bond acceptors (Lipinski definition) is 3. The molecule has 0 aliphatic carbocycles. The highest BCUT2D eigenvalue weighted by Crippen LogP contribution is 2.18. The Morgan fingerprint density at radius 1 is 1.00 bits per heavy atom. The molecular formula is C15H17N5. The van der Waals surface area contributed by atoms with Gasteiger partial charge in [-0.05, 0) is 20.8 Å². The van der Waals surface area contributed by atoms with E-state index in [9.17, 15) is 0 Å². The quantitative estimate of drug-likeness (QED) is 0.717. The van der Waals surface area contributed by atoms with Gasteiger partial charge in [-0.3, -0.25) is 0 Å². The van der Waals surface area contributed by atoms with Crippen molar-refractivity contribution in [3.8, 4) is 17.1 Å². The highest BCUT2D eigenvalue weighted by molar-refractivity contribution is 5.57. The minimum absolute atomic E-state index is 0.00803. The summed E-state index contributed by atoms with van der Waals surface area (Å²) < 4.78 is 3.76. The van der Waals surface area contributed by atoms with Gasteiger partial charge in [0.1, 0.15) is 5.69 Å². The fraction of sp³-hybridized carbons (Fsp3) is 0.267. The van der Waals surface area contributed by atoms with Gasteiger partial charge >= 0.3 is 0 Å². The van der Waals surface area contributed by atoms with Crippen molar-refractivity contribution in [2.75, 3.05) is 0 Å². The Balaban J connectivity index is 1.93. The average Bonchev–Trinajstić information content (AvgIpc) is 3.08. The Hall–Kier alpha value is -2.43. The fourth-order valence-corrected chi connectivity index (χ4v) is 1.91. The van der Waals surface area contributed by atoms with Crippen molar-refractivity contribution in [3.63, 3.8) is 0 Å². The highest BCUT2D eigenvalue weighted by Gasteiger charge is 2.14. The molecule has 102 valence electrons. The van der Waals surface area contributed by atoms with Crippen molar-refractivity contribution in [3.05, 3.63) is 49.1 Å². The zero-order valence-electron chi connectivity index (χ0n) is 11.9. The first-order chi connectivity index (χ1) is 9.54. The Bertz CT molecular complexity index is 703. The van der Waals surface area contributed by atoms with Crippen LogP contribution in [0.2, 0.25) is 0 Å². The summed E-state index contributed by atoms with van der Waals surface area (Å²) in [5, 5.41) is 8.35. The Morgan fingerprint density at radius 2 is 1.75 bits per heavy atom. The molecule has 0 bridgehead atoms. The maximum Gasteiger partial charge on any atom is 0.173 e. The molecule has 1 aromatic carbocycles. The lowest BCUT2D eigenvalue weighted by Crippen LogP contribution is -2.19. The molecule has 3 aromatic rings. The van der Waals surface area contributed by atoms with Crippen LogP contribution in [0, 0.1) is 0 Å². The van der Waals surface area contributed by atoms with Crippen LogP contribution in [0.25, 0.3) is 17.1 Å². The summed E-state index contributed by atoms with van der Waals surface area (Å²) in [4.78, 5) is 4.38. The van der Waals surface area contributed by atoms with Gasteiger partial charge in [-0.25, -0.2) is 9.67 Å². The van der Waals surface area contributed by atoms with Crippen LogP contribution in [-0.4, -0.2) is 24.5 Å². The lowest BCUT2D eigenvalue weighted by molar-refractivity contribution is 0.396. The van der Waals surface area contributed by atoms with E-state index < -0.39 is 0 Å². The number of aromatic nitrogens is 5. The molecule has 2 heterocycles. The van der Waals surface area contributed by atoms with E-state index in [-0.39, 0.29) is 5.54 Å². The van der Waals surface area contributed by atoms with Gasteiger partial charge in [0.25, 0.3) is 0 Å². The molecule has 20 heavy (non-hydrogen) atoms. The Morgan fingerprint density at radius 3 is 2.40 bits per heavy atom. The molecule has 0 spiro atoms. The predicted octanol–water partition coefficient (Wildman–Crippen LogP) is 2.89. The van der Waals surface area contributed by atoms with Crippen LogP contribution in [0.5, 0.6) is 0 Å². The maximum absolute atomic E-state index is 4.38. The Labute approximate surface area is 117 Å². The van der Waals surface area contributed by atoms with Crippen LogP contribution in [0.1, 0.15) is 20.8 Å². The van der Waals surface area contributed by atoms with Gasteiger partial charge in [0.15, 0.2) is 5.82 Å². The molecule has 0 radical (unpaired) electrons. The minimum atomic E-state index is 0.00803. The third-order valence-electron chi connectivity index (χ3n) is 3.14. The maximum atomic E-state index is 4.38. The number of benzene rings is 1. The Kier molecular flexibility index (Phi) is 2.89. The van der Waals surface area contributed by atoms with E-state index >= 15 is 0 Å². The van der Waals surface area contributed by atoms with E-state index in [1.54, 1.807) is 4.68 Å². The minimum Gasteiger partial charge on any atom is -0.330 e. The molecule has 0 N–H and O–H groups in total. The molecule has 2 aromatic heterocycles. The smallest absolute Gasteiger partial charge is 0.173 e. The second kappa shape index (κ2) is 4.59. The number of rotatable bonds is 2. The van der Waals surface area contributed by atoms with Crippen LogP contribution in [0.15, 0.2) is 49.1 Å². The molecule has 0 saturated heterocycles. The van der Waals surface area contributed by atoms with Crippen LogP contribution in [0.4, 0.5) is 0 Å². The standard InChI is InChI=1S/C15H17N5/c1-15(2,3)19-10-14(16-11-19)20-9-13(17-18-20)12-7-5-4-6-8-12/h4-11H,1-3H3. The number of nitrogens with zero attached hydrogens (tertiary/aromatic N) is 5. The first kappa shape index (κ1) is 12.6. The van der Waals surface area contributed by atoms with Crippen molar-refractivity contribution in [1.29, 1.82) is 0 Å². The van der Waals surface area contributed by atoms with Gasteiger partial charge in [0.2, 0.25) is 0 Å². The summed E-state index contributed by atoms with van der Waals surface area (Å²) in [5.41, 5.74) is 1.90. The van der Waals surface area contributed by atoms with Crippen molar-refractivity contribution in [2.24, 2.45) is 0 Å². The number of imidazole rings is 1. The van der Waals surface area contributed by atoms with Gasteiger partial charge < -0.3 is 4.57 Å². The van der Waals surface area contributed by atoms with Crippen molar-refractivity contribution in [1.82, 2.24) is 24.5 Å². The third-order valence-corrected chi connectivity index (χ3v) is 3.14. The summed E-state index contributed by atoms with van der Waals surface area (Å²) in [6.45, 7) is 6.40. The van der Waals surface area contributed by atoms with Crippen molar-refractivity contribution < 1.29 is 0 Å². The van der Waals surface area contributed by atoms with E-state index in [2.05, 4.69) is 40.6 Å². The molecule has 5 heteroatoms. The van der Waals surface area contributed by atoms with Gasteiger partial charge in [-0.2, -0.15) is 0 Å². The molecule has 0 saturated carbocycles. The van der Waals surface area contributed by atoms with Gasteiger partial charge in [0, 0.05) is 11.1 Å². The van der Waals surface area contributed by atoms with E-state index in [0.717, 1.165) is 17.1 Å². The molecule has 0 aliphatic heterocycles. The predicted molar refractivity (Wildman–Crippen MR) is 77.6 cm³/mol. The zero-order chi connectivity index (χ0) is 14.2. The highest BCUT2D eigenvalue weighted by atomic mass is 15.4. The lowest BCUT2D eigenvalue weighted by Gasteiger charge is -2.19. The largest absolute Gasteiger partial charge is 0.330 e. The van der Waals surface area contributed by atoms with E-state index in [1.807, 2.05) is 49.1 Å². The van der Waals surface area contributed by atoms with E-state index in [1.165, 1.54) is 0 Å².